The topological polar surface area (TPSA) is 44.5 Å². The molecule has 0 amide bonds. The molecule has 0 fully saturated rings. The third kappa shape index (κ3) is 4.50. The fourth-order valence-electron chi connectivity index (χ4n) is 2.43. The normalized spacial score (nSPS) is 12.0. The van der Waals surface area contributed by atoms with Crippen molar-refractivity contribution in [2.75, 3.05) is 13.2 Å². The van der Waals surface area contributed by atoms with Gasteiger partial charge in [-0.2, -0.15) is 0 Å². The van der Waals surface area contributed by atoms with Gasteiger partial charge in [-0.15, -0.1) is 0 Å². The maximum Gasteiger partial charge on any atom is 0.161 e. The number of hydrogen-bond acceptors (Lipinski definition) is 3. The molecule has 2 rings (SSSR count). The lowest BCUT2D eigenvalue weighted by Crippen LogP contribution is -2.12. The van der Waals surface area contributed by atoms with Crippen LogP contribution >= 0.6 is 0 Å². The number of hydrogen-bond donors (Lipinski definition) is 1. The summed E-state index contributed by atoms with van der Waals surface area (Å²) in [6.45, 7) is 5.18. The van der Waals surface area contributed by atoms with E-state index in [0.29, 0.717) is 13.2 Å². The Balaban J connectivity index is 2.05. The zero-order valence-corrected chi connectivity index (χ0v) is 13.4. The van der Waals surface area contributed by atoms with Crippen molar-refractivity contribution in [1.29, 1.82) is 0 Å². The summed E-state index contributed by atoms with van der Waals surface area (Å²) >= 11 is 0. The number of benzene rings is 2. The molecule has 1 atom stereocenters. The molecule has 0 radical (unpaired) electrons. The molecule has 0 aliphatic carbocycles. The van der Waals surface area contributed by atoms with Crippen LogP contribution in [0.5, 0.6) is 11.5 Å². The minimum absolute atomic E-state index is 0.00455. The maximum atomic E-state index is 6.34. The molecule has 0 spiro atoms. The number of ether oxygens (including phenoxy) is 2. The molecule has 2 N–H and O–H groups in total. The van der Waals surface area contributed by atoms with Gasteiger partial charge in [0.05, 0.1) is 13.2 Å². The van der Waals surface area contributed by atoms with Gasteiger partial charge >= 0.3 is 0 Å². The summed E-state index contributed by atoms with van der Waals surface area (Å²) in [6, 6.07) is 16.4. The van der Waals surface area contributed by atoms with E-state index in [1.807, 2.05) is 38.1 Å². The minimum atomic E-state index is -0.00455. The predicted octanol–water partition coefficient (Wildman–Crippen LogP) is 4.12. The maximum absolute atomic E-state index is 6.34. The third-order valence-corrected chi connectivity index (χ3v) is 3.58. The number of rotatable bonds is 8. The summed E-state index contributed by atoms with van der Waals surface area (Å²) in [7, 11) is 0. The van der Waals surface area contributed by atoms with Gasteiger partial charge in [-0.25, -0.2) is 0 Å². The van der Waals surface area contributed by atoms with Crippen molar-refractivity contribution >= 4 is 0 Å². The molecule has 22 heavy (non-hydrogen) atoms. The molecule has 3 heteroatoms. The van der Waals surface area contributed by atoms with E-state index in [4.69, 9.17) is 15.2 Å². The van der Waals surface area contributed by atoms with Crippen LogP contribution in [0.4, 0.5) is 0 Å². The minimum Gasteiger partial charge on any atom is -0.490 e. The summed E-state index contributed by atoms with van der Waals surface area (Å²) in [4.78, 5) is 0. The van der Waals surface area contributed by atoms with E-state index in [1.54, 1.807) is 0 Å². The second kappa shape index (κ2) is 8.44. The summed E-state index contributed by atoms with van der Waals surface area (Å²) < 4.78 is 11.3. The molecule has 0 heterocycles. The average Bonchev–Trinajstić information content (AvgIpc) is 2.55. The Hall–Kier alpha value is -2.00. The van der Waals surface area contributed by atoms with E-state index in [0.717, 1.165) is 29.9 Å². The van der Waals surface area contributed by atoms with Crippen LogP contribution in [-0.2, 0) is 6.42 Å². The van der Waals surface area contributed by atoms with E-state index in [9.17, 15) is 0 Å². The lowest BCUT2D eigenvalue weighted by molar-refractivity contribution is 0.287. The Labute approximate surface area is 133 Å². The van der Waals surface area contributed by atoms with Gasteiger partial charge in [0.25, 0.3) is 0 Å². The molecule has 3 nitrogen and oxygen atoms in total. The van der Waals surface area contributed by atoms with Crippen LogP contribution in [-0.4, -0.2) is 13.2 Å². The molecule has 0 saturated carbocycles. The van der Waals surface area contributed by atoms with Gasteiger partial charge in [0.2, 0.25) is 0 Å². The lowest BCUT2D eigenvalue weighted by Gasteiger charge is -2.16. The van der Waals surface area contributed by atoms with Crippen LogP contribution in [0.1, 0.15) is 37.4 Å². The fraction of sp³-hybridized carbons (Fsp3) is 0.368. The van der Waals surface area contributed by atoms with Crippen LogP contribution in [0.3, 0.4) is 0 Å². The van der Waals surface area contributed by atoms with Crippen molar-refractivity contribution in [3.05, 3.63) is 59.7 Å². The molecule has 0 bridgehead atoms. The fourth-order valence-corrected chi connectivity index (χ4v) is 2.43. The first kappa shape index (κ1) is 16.4. The lowest BCUT2D eigenvalue weighted by atomic mass is 9.99. The first-order chi connectivity index (χ1) is 10.7. The van der Waals surface area contributed by atoms with Crippen LogP contribution in [0.25, 0.3) is 0 Å². The molecule has 2 aromatic carbocycles. The average molecular weight is 299 g/mol. The van der Waals surface area contributed by atoms with Gasteiger partial charge in [0, 0.05) is 6.04 Å². The SMILES string of the molecule is CCOc1ccc(C(N)CCc2ccccc2)cc1OCC. The molecule has 1 unspecified atom stereocenters. The van der Waals surface area contributed by atoms with Crippen LogP contribution in [0, 0.1) is 0 Å². The molecule has 0 saturated heterocycles. The Morgan fingerprint density at radius 2 is 1.59 bits per heavy atom. The van der Waals surface area contributed by atoms with E-state index < -0.39 is 0 Å². The highest BCUT2D eigenvalue weighted by Gasteiger charge is 2.11. The second-order valence-corrected chi connectivity index (χ2v) is 5.20. The first-order valence-electron chi connectivity index (χ1n) is 7.93. The Bertz CT molecular complexity index is 569. The van der Waals surface area contributed by atoms with Gasteiger partial charge in [0.15, 0.2) is 11.5 Å². The molecule has 0 aromatic heterocycles. The molecule has 0 aliphatic heterocycles. The zero-order chi connectivity index (χ0) is 15.8. The Kier molecular flexibility index (Phi) is 6.28. The van der Waals surface area contributed by atoms with E-state index >= 15 is 0 Å². The molecule has 118 valence electrons. The van der Waals surface area contributed by atoms with E-state index in [2.05, 4.69) is 24.3 Å². The Morgan fingerprint density at radius 3 is 2.27 bits per heavy atom. The molecular weight excluding hydrogens is 274 g/mol. The predicted molar refractivity (Wildman–Crippen MR) is 90.5 cm³/mol. The monoisotopic (exact) mass is 299 g/mol. The van der Waals surface area contributed by atoms with Crippen LogP contribution in [0.15, 0.2) is 48.5 Å². The van der Waals surface area contributed by atoms with Crippen LogP contribution < -0.4 is 15.2 Å². The molecule has 2 aromatic rings. The molecule has 0 aliphatic rings. The summed E-state index contributed by atoms with van der Waals surface area (Å²) in [5.41, 5.74) is 8.74. The van der Waals surface area contributed by atoms with E-state index in [-0.39, 0.29) is 6.04 Å². The largest absolute Gasteiger partial charge is 0.490 e. The highest BCUT2D eigenvalue weighted by Crippen LogP contribution is 2.31. The second-order valence-electron chi connectivity index (χ2n) is 5.20. The van der Waals surface area contributed by atoms with Crippen molar-refractivity contribution in [3.63, 3.8) is 0 Å². The highest BCUT2D eigenvalue weighted by atomic mass is 16.5. The van der Waals surface area contributed by atoms with Gasteiger partial charge in [-0.1, -0.05) is 36.4 Å². The first-order valence-corrected chi connectivity index (χ1v) is 7.93. The van der Waals surface area contributed by atoms with Gasteiger partial charge in [-0.3, -0.25) is 0 Å². The quantitative estimate of drug-likeness (QED) is 0.797. The van der Waals surface area contributed by atoms with Gasteiger partial charge < -0.3 is 15.2 Å². The van der Waals surface area contributed by atoms with Gasteiger partial charge in [0.1, 0.15) is 0 Å². The zero-order valence-electron chi connectivity index (χ0n) is 13.4. The standard InChI is InChI=1S/C19H25NO2/c1-3-21-18-13-11-16(14-19(18)22-4-2)17(20)12-10-15-8-6-5-7-9-15/h5-9,11,13-14,17H,3-4,10,12,20H2,1-2H3. The van der Waals surface area contributed by atoms with E-state index in [1.165, 1.54) is 5.56 Å². The summed E-state index contributed by atoms with van der Waals surface area (Å²) in [6.07, 6.45) is 1.88. The van der Waals surface area contributed by atoms with Crippen LogP contribution in [0.2, 0.25) is 0 Å². The Morgan fingerprint density at radius 1 is 0.909 bits per heavy atom. The smallest absolute Gasteiger partial charge is 0.161 e. The summed E-state index contributed by atoms with van der Waals surface area (Å²) in [5, 5.41) is 0. The van der Waals surface area contributed by atoms with Crippen molar-refractivity contribution in [2.45, 2.75) is 32.7 Å². The van der Waals surface area contributed by atoms with Crippen molar-refractivity contribution in [1.82, 2.24) is 0 Å². The number of nitrogens with two attached hydrogens (primary N) is 1. The van der Waals surface area contributed by atoms with Crippen molar-refractivity contribution < 1.29 is 9.47 Å². The number of aryl methyl sites for hydroxylation is 1. The highest BCUT2D eigenvalue weighted by molar-refractivity contribution is 5.44. The van der Waals surface area contributed by atoms with Crippen molar-refractivity contribution in [3.8, 4) is 11.5 Å². The third-order valence-electron chi connectivity index (χ3n) is 3.58. The summed E-state index contributed by atoms with van der Waals surface area (Å²) in [5.74, 6) is 1.56. The molecular formula is C19H25NO2. The van der Waals surface area contributed by atoms with Gasteiger partial charge in [-0.05, 0) is 49.9 Å². The van der Waals surface area contributed by atoms with Crippen molar-refractivity contribution in [2.24, 2.45) is 5.73 Å².